The number of nitrogens with one attached hydrogen (secondary N) is 1. The van der Waals surface area contributed by atoms with Gasteiger partial charge in [-0.3, -0.25) is 14.2 Å². The Labute approximate surface area is 129 Å². The van der Waals surface area contributed by atoms with Gasteiger partial charge in [0.2, 0.25) is 0 Å². The molecule has 19 heavy (non-hydrogen) atoms. The fraction of sp³-hybridized carbons (Fsp3) is 0.364. The Balaban J connectivity index is 1.78. The Kier molecular flexibility index (Phi) is 4.81. The summed E-state index contributed by atoms with van der Waals surface area (Å²) in [6, 6.07) is 0. The highest BCUT2D eigenvalue weighted by Crippen LogP contribution is 2.10. The van der Waals surface area contributed by atoms with Crippen LogP contribution in [-0.2, 0) is 13.6 Å². The van der Waals surface area contributed by atoms with Crippen molar-refractivity contribution in [2.75, 3.05) is 6.54 Å². The quantitative estimate of drug-likeness (QED) is 0.621. The molecule has 0 aliphatic rings. The van der Waals surface area contributed by atoms with Crippen molar-refractivity contribution in [1.29, 1.82) is 0 Å². The summed E-state index contributed by atoms with van der Waals surface area (Å²) in [4.78, 5) is 11.9. The third-order valence-electron chi connectivity index (χ3n) is 2.56. The Hall–Kier alpha value is -1.09. The van der Waals surface area contributed by atoms with Gasteiger partial charge in [0.25, 0.3) is 5.91 Å². The van der Waals surface area contributed by atoms with Crippen LogP contribution in [0.1, 0.15) is 16.9 Å². The topological polar surface area (TPSA) is 64.7 Å². The van der Waals surface area contributed by atoms with E-state index >= 15 is 0 Å². The first-order valence-corrected chi connectivity index (χ1v) is 7.17. The molecule has 8 heteroatoms. The summed E-state index contributed by atoms with van der Waals surface area (Å²) in [5.74, 6) is -0.108. The molecule has 0 bridgehead atoms. The highest BCUT2D eigenvalue weighted by Gasteiger charge is 2.14. The van der Waals surface area contributed by atoms with E-state index in [0.717, 1.165) is 16.5 Å². The van der Waals surface area contributed by atoms with Gasteiger partial charge >= 0.3 is 0 Å². The Morgan fingerprint density at radius 2 is 2.26 bits per heavy atom. The largest absolute Gasteiger partial charge is 0.351 e. The second-order valence-corrected chi connectivity index (χ2v) is 5.59. The van der Waals surface area contributed by atoms with Crippen molar-refractivity contribution in [1.82, 2.24) is 24.9 Å². The van der Waals surface area contributed by atoms with Crippen molar-refractivity contribution in [2.45, 2.75) is 13.0 Å². The molecule has 0 aliphatic carbocycles. The molecular weight excluding hydrogens is 381 g/mol. The van der Waals surface area contributed by atoms with Crippen LogP contribution >= 0.6 is 34.2 Å². The summed E-state index contributed by atoms with van der Waals surface area (Å²) < 4.78 is 4.17. The van der Waals surface area contributed by atoms with Gasteiger partial charge in [0.05, 0.1) is 21.0 Å². The summed E-state index contributed by atoms with van der Waals surface area (Å²) in [6.45, 7) is 1.30. The lowest BCUT2D eigenvalue weighted by atomic mass is 10.3. The van der Waals surface area contributed by atoms with Crippen molar-refractivity contribution in [2.24, 2.45) is 7.05 Å². The van der Waals surface area contributed by atoms with E-state index in [4.69, 9.17) is 11.6 Å². The maximum atomic E-state index is 11.9. The minimum atomic E-state index is -0.108. The number of hydrogen-bond acceptors (Lipinski definition) is 3. The minimum Gasteiger partial charge on any atom is -0.351 e. The average Bonchev–Trinajstić information content (AvgIpc) is 2.91. The number of hydrogen-bond donors (Lipinski definition) is 1. The zero-order chi connectivity index (χ0) is 13.8. The monoisotopic (exact) mass is 393 g/mol. The normalized spacial score (nSPS) is 10.7. The highest BCUT2D eigenvalue weighted by molar-refractivity contribution is 14.1. The fourth-order valence-electron chi connectivity index (χ4n) is 1.65. The number of carbonyl (C=O) groups excluding carboxylic acids is 1. The van der Waals surface area contributed by atoms with Crippen molar-refractivity contribution >= 4 is 40.1 Å². The van der Waals surface area contributed by atoms with Gasteiger partial charge in [-0.2, -0.15) is 10.2 Å². The lowest BCUT2D eigenvalue weighted by Gasteiger charge is -2.06. The lowest BCUT2D eigenvalue weighted by Crippen LogP contribution is -2.28. The number of rotatable bonds is 5. The standard InChI is InChI=1S/C11H13ClIN5O/c1-17-10(9(13)6-15-17)11(19)14-3-2-4-18-7-8(12)5-16-18/h5-7H,2-4H2,1H3,(H,14,19). The molecule has 0 aromatic carbocycles. The third-order valence-corrected chi connectivity index (χ3v) is 3.55. The van der Waals surface area contributed by atoms with E-state index in [2.05, 4.69) is 38.1 Å². The molecule has 6 nitrogen and oxygen atoms in total. The van der Waals surface area contributed by atoms with Crippen LogP contribution in [0.2, 0.25) is 5.02 Å². The summed E-state index contributed by atoms with van der Waals surface area (Å²) in [5, 5.41) is 11.6. The molecule has 2 rings (SSSR count). The summed E-state index contributed by atoms with van der Waals surface area (Å²) in [6.07, 6.45) is 5.81. The van der Waals surface area contributed by atoms with Crippen molar-refractivity contribution in [3.8, 4) is 0 Å². The maximum absolute atomic E-state index is 11.9. The van der Waals surface area contributed by atoms with E-state index in [1.807, 2.05) is 0 Å². The molecule has 0 radical (unpaired) electrons. The van der Waals surface area contributed by atoms with Crippen LogP contribution in [0.15, 0.2) is 18.6 Å². The van der Waals surface area contributed by atoms with Crippen molar-refractivity contribution < 1.29 is 4.79 Å². The molecule has 0 saturated carbocycles. The third kappa shape index (κ3) is 3.69. The van der Waals surface area contributed by atoms with Crippen LogP contribution in [0.3, 0.4) is 0 Å². The molecule has 0 aliphatic heterocycles. The molecule has 1 amide bonds. The second-order valence-electron chi connectivity index (χ2n) is 4.00. The molecule has 2 heterocycles. The van der Waals surface area contributed by atoms with Gasteiger partial charge in [0.15, 0.2) is 0 Å². The number of aromatic nitrogens is 4. The molecule has 0 spiro atoms. The zero-order valence-corrected chi connectivity index (χ0v) is 13.2. The van der Waals surface area contributed by atoms with E-state index in [1.165, 1.54) is 0 Å². The first kappa shape index (κ1) is 14.3. The van der Waals surface area contributed by atoms with E-state index in [9.17, 15) is 4.79 Å². The van der Waals surface area contributed by atoms with Crippen LogP contribution in [0.5, 0.6) is 0 Å². The highest BCUT2D eigenvalue weighted by atomic mass is 127. The molecule has 0 unspecified atom stereocenters. The van der Waals surface area contributed by atoms with Crippen LogP contribution in [-0.4, -0.2) is 32.0 Å². The first-order valence-electron chi connectivity index (χ1n) is 5.71. The number of carbonyl (C=O) groups is 1. The number of aryl methyl sites for hydroxylation is 2. The first-order chi connectivity index (χ1) is 9.08. The molecule has 0 fully saturated rings. The number of halogens is 2. The summed E-state index contributed by atoms with van der Waals surface area (Å²) >= 11 is 7.86. The van der Waals surface area contributed by atoms with Gasteiger partial charge in [-0.25, -0.2) is 0 Å². The van der Waals surface area contributed by atoms with Crippen LogP contribution in [0.25, 0.3) is 0 Å². The van der Waals surface area contributed by atoms with Crippen LogP contribution < -0.4 is 5.32 Å². The average molecular weight is 394 g/mol. The van der Waals surface area contributed by atoms with Gasteiger partial charge in [-0.05, 0) is 29.0 Å². The molecule has 1 N–H and O–H groups in total. The fourth-order valence-corrected chi connectivity index (χ4v) is 2.53. The smallest absolute Gasteiger partial charge is 0.270 e. The zero-order valence-electron chi connectivity index (χ0n) is 10.3. The summed E-state index contributed by atoms with van der Waals surface area (Å²) in [5.41, 5.74) is 0.586. The predicted octanol–water partition coefficient (Wildman–Crippen LogP) is 1.69. The predicted molar refractivity (Wildman–Crippen MR) is 80.1 cm³/mol. The lowest BCUT2D eigenvalue weighted by molar-refractivity contribution is 0.0942. The van der Waals surface area contributed by atoms with Gasteiger partial charge < -0.3 is 5.32 Å². The molecule has 102 valence electrons. The van der Waals surface area contributed by atoms with Gasteiger partial charge in [-0.15, -0.1) is 0 Å². The molecule has 0 atom stereocenters. The minimum absolute atomic E-state index is 0.108. The number of nitrogens with zero attached hydrogens (tertiary/aromatic N) is 4. The van der Waals surface area contributed by atoms with E-state index in [-0.39, 0.29) is 5.91 Å². The Morgan fingerprint density at radius 1 is 1.47 bits per heavy atom. The molecule has 2 aromatic heterocycles. The van der Waals surface area contributed by atoms with Crippen molar-refractivity contribution in [3.05, 3.63) is 32.9 Å². The van der Waals surface area contributed by atoms with E-state index in [0.29, 0.717) is 17.3 Å². The van der Waals surface area contributed by atoms with Gasteiger partial charge in [0, 0.05) is 26.3 Å². The molecule has 2 aromatic rings. The number of amides is 1. The van der Waals surface area contributed by atoms with Gasteiger partial charge in [-0.1, -0.05) is 11.6 Å². The molecular formula is C11H13ClIN5O. The van der Waals surface area contributed by atoms with Crippen LogP contribution in [0.4, 0.5) is 0 Å². The van der Waals surface area contributed by atoms with E-state index < -0.39 is 0 Å². The summed E-state index contributed by atoms with van der Waals surface area (Å²) in [7, 11) is 1.75. The Bertz CT molecular complexity index is 560. The maximum Gasteiger partial charge on any atom is 0.270 e. The SMILES string of the molecule is Cn1ncc(I)c1C(=O)NCCCn1cc(Cl)cn1. The Morgan fingerprint density at radius 3 is 2.84 bits per heavy atom. The van der Waals surface area contributed by atoms with Crippen molar-refractivity contribution in [3.63, 3.8) is 0 Å². The second kappa shape index (κ2) is 6.38. The van der Waals surface area contributed by atoms with Gasteiger partial charge in [0.1, 0.15) is 5.69 Å². The van der Waals surface area contributed by atoms with Crippen LogP contribution in [0, 0.1) is 3.57 Å². The van der Waals surface area contributed by atoms with E-state index in [1.54, 1.807) is 35.0 Å². The molecule has 0 saturated heterocycles.